The molecule has 5 atom stereocenters. The summed E-state index contributed by atoms with van der Waals surface area (Å²) in [5, 5.41) is 0. The summed E-state index contributed by atoms with van der Waals surface area (Å²) in [6.07, 6.45) is 7.18. The third-order valence-electron chi connectivity index (χ3n) is 6.85. The Morgan fingerprint density at radius 2 is 1.52 bits per heavy atom. The summed E-state index contributed by atoms with van der Waals surface area (Å²) in [5.41, 5.74) is 3.21. The van der Waals surface area contributed by atoms with Crippen LogP contribution in [0, 0.1) is 35.0 Å². The zero-order valence-corrected chi connectivity index (χ0v) is 15.8. The number of hydrogen-bond donors (Lipinski definition) is 0. The van der Waals surface area contributed by atoms with E-state index in [0.29, 0.717) is 29.6 Å². The first-order valence-electron chi connectivity index (χ1n) is 9.41. The monoisotopic (exact) mass is 318 g/mol. The first kappa shape index (κ1) is 17.2. The SMILES string of the molecule is CC1=CC(C)C(C2OCC3(CO2)C(C)C=C(C)CC3C)C(C)C1. The first-order chi connectivity index (χ1) is 10.8. The van der Waals surface area contributed by atoms with Gasteiger partial charge in [0.05, 0.1) is 13.2 Å². The molecular formula is C21H34O2. The van der Waals surface area contributed by atoms with Gasteiger partial charge in [-0.15, -0.1) is 0 Å². The zero-order valence-electron chi connectivity index (χ0n) is 15.8. The van der Waals surface area contributed by atoms with Crippen molar-refractivity contribution in [1.29, 1.82) is 0 Å². The van der Waals surface area contributed by atoms with E-state index in [1.807, 2.05) is 0 Å². The Labute approximate surface area is 142 Å². The second kappa shape index (κ2) is 6.37. The van der Waals surface area contributed by atoms with E-state index in [-0.39, 0.29) is 11.7 Å². The van der Waals surface area contributed by atoms with Crippen LogP contribution in [0.4, 0.5) is 0 Å². The molecule has 1 saturated heterocycles. The smallest absolute Gasteiger partial charge is 0.161 e. The summed E-state index contributed by atoms with van der Waals surface area (Å²) in [5.74, 6) is 2.84. The average Bonchev–Trinajstić information content (AvgIpc) is 2.45. The Hall–Kier alpha value is -0.600. The second-order valence-electron chi connectivity index (χ2n) is 8.76. The van der Waals surface area contributed by atoms with Crippen molar-refractivity contribution in [2.45, 2.75) is 60.7 Å². The molecular weight excluding hydrogens is 284 g/mol. The predicted octanol–water partition coefficient (Wildman–Crippen LogP) is 5.21. The molecule has 23 heavy (non-hydrogen) atoms. The van der Waals surface area contributed by atoms with Crippen LogP contribution in [-0.4, -0.2) is 19.5 Å². The highest BCUT2D eigenvalue weighted by atomic mass is 16.7. The molecule has 1 aliphatic heterocycles. The molecule has 0 amide bonds. The van der Waals surface area contributed by atoms with Crippen molar-refractivity contribution in [2.75, 3.05) is 13.2 Å². The van der Waals surface area contributed by atoms with E-state index in [0.717, 1.165) is 13.2 Å². The van der Waals surface area contributed by atoms with Gasteiger partial charge in [-0.1, -0.05) is 51.0 Å². The van der Waals surface area contributed by atoms with Crippen LogP contribution in [0.2, 0.25) is 0 Å². The molecule has 5 unspecified atom stereocenters. The Bertz CT molecular complexity index is 496. The molecule has 3 rings (SSSR count). The van der Waals surface area contributed by atoms with E-state index >= 15 is 0 Å². The van der Waals surface area contributed by atoms with E-state index in [4.69, 9.17) is 9.47 Å². The Morgan fingerprint density at radius 1 is 0.913 bits per heavy atom. The average molecular weight is 319 g/mol. The third-order valence-corrected chi connectivity index (χ3v) is 6.85. The molecule has 0 aromatic heterocycles. The van der Waals surface area contributed by atoms with Gasteiger partial charge in [0.1, 0.15) is 0 Å². The van der Waals surface area contributed by atoms with Crippen LogP contribution < -0.4 is 0 Å². The third kappa shape index (κ3) is 3.05. The fourth-order valence-electron chi connectivity index (χ4n) is 5.44. The van der Waals surface area contributed by atoms with Gasteiger partial charge in [-0.25, -0.2) is 0 Å². The summed E-state index contributed by atoms with van der Waals surface area (Å²) in [6.45, 7) is 15.6. The lowest BCUT2D eigenvalue weighted by molar-refractivity contribution is -0.277. The maximum Gasteiger partial charge on any atom is 0.161 e. The van der Waals surface area contributed by atoms with Crippen molar-refractivity contribution in [3.63, 3.8) is 0 Å². The molecule has 2 aliphatic carbocycles. The van der Waals surface area contributed by atoms with Crippen molar-refractivity contribution >= 4 is 0 Å². The van der Waals surface area contributed by atoms with Gasteiger partial charge in [0.25, 0.3) is 0 Å². The molecule has 0 aromatic rings. The normalized spacial score (nSPS) is 48.1. The predicted molar refractivity (Wildman–Crippen MR) is 95.0 cm³/mol. The summed E-state index contributed by atoms with van der Waals surface area (Å²) < 4.78 is 12.8. The zero-order chi connectivity index (χ0) is 16.8. The van der Waals surface area contributed by atoms with Gasteiger partial charge < -0.3 is 9.47 Å². The standard InChI is InChI=1S/C21H34O2/c1-13-7-15(3)19(16(4)8-13)20-22-11-21(12-23-20)17(5)9-14(2)10-18(21)6/h7,9,15-20H,8,10-12H2,1-6H3. The van der Waals surface area contributed by atoms with Crippen LogP contribution in [0.25, 0.3) is 0 Å². The van der Waals surface area contributed by atoms with Crippen LogP contribution in [-0.2, 0) is 9.47 Å². The highest BCUT2D eigenvalue weighted by Gasteiger charge is 2.48. The molecule has 1 spiro atoms. The molecule has 1 heterocycles. The van der Waals surface area contributed by atoms with E-state index in [9.17, 15) is 0 Å². The number of allylic oxidation sites excluding steroid dienone is 4. The van der Waals surface area contributed by atoms with Gasteiger partial charge in [0.2, 0.25) is 0 Å². The number of ether oxygens (including phenoxy) is 2. The van der Waals surface area contributed by atoms with Crippen molar-refractivity contribution in [3.8, 4) is 0 Å². The molecule has 0 bridgehead atoms. The largest absolute Gasteiger partial charge is 0.352 e. The fraction of sp³-hybridized carbons (Fsp3) is 0.810. The maximum atomic E-state index is 6.38. The van der Waals surface area contributed by atoms with Crippen molar-refractivity contribution < 1.29 is 9.47 Å². The molecule has 1 fully saturated rings. The fourth-order valence-corrected chi connectivity index (χ4v) is 5.44. The molecule has 130 valence electrons. The lowest BCUT2D eigenvalue weighted by Crippen LogP contribution is -2.53. The Morgan fingerprint density at radius 3 is 2.09 bits per heavy atom. The van der Waals surface area contributed by atoms with Crippen molar-refractivity contribution in [2.24, 2.45) is 35.0 Å². The molecule has 2 nitrogen and oxygen atoms in total. The van der Waals surface area contributed by atoms with Gasteiger partial charge in [-0.2, -0.15) is 0 Å². The molecule has 2 heteroatoms. The maximum absolute atomic E-state index is 6.38. The number of rotatable bonds is 1. The quantitative estimate of drug-likeness (QED) is 0.618. The van der Waals surface area contributed by atoms with Crippen LogP contribution in [0.5, 0.6) is 0 Å². The minimum Gasteiger partial charge on any atom is -0.352 e. The van der Waals surface area contributed by atoms with Gasteiger partial charge in [0.15, 0.2) is 6.29 Å². The van der Waals surface area contributed by atoms with Gasteiger partial charge in [0, 0.05) is 11.3 Å². The first-order valence-corrected chi connectivity index (χ1v) is 9.41. The molecule has 0 radical (unpaired) electrons. The summed E-state index contributed by atoms with van der Waals surface area (Å²) >= 11 is 0. The molecule has 0 N–H and O–H groups in total. The van der Waals surface area contributed by atoms with E-state index in [2.05, 4.69) is 53.7 Å². The molecule has 0 saturated carbocycles. The topological polar surface area (TPSA) is 18.5 Å². The second-order valence-corrected chi connectivity index (χ2v) is 8.76. The molecule has 3 aliphatic rings. The Balaban J connectivity index is 1.71. The van der Waals surface area contributed by atoms with Gasteiger partial charge in [-0.3, -0.25) is 0 Å². The van der Waals surface area contributed by atoms with E-state index in [1.54, 1.807) is 0 Å². The number of hydrogen-bond acceptors (Lipinski definition) is 2. The Kier molecular flexibility index (Phi) is 4.77. The van der Waals surface area contributed by atoms with Crippen LogP contribution in [0.1, 0.15) is 54.4 Å². The van der Waals surface area contributed by atoms with Crippen LogP contribution in [0.15, 0.2) is 23.3 Å². The van der Waals surface area contributed by atoms with Crippen LogP contribution in [0.3, 0.4) is 0 Å². The van der Waals surface area contributed by atoms with Gasteiger partial charge >= 0.3 is 0 Å². The minimum atomic E-state index is -0.0265. The minimum absolute atomic E-state index is 0.0265. The van der Waals surface area contributed by atoms with E-state index in [1.165, 1.54) is 24.0 Å². The highest BCUT2D eigenvalue weighted by molar-refractivity contribution is 5.14. The molecule has 0 aromatic carbocycles. The lowest BCUT2D eigenvalue weighted by atomic mass is 9.62. The summed E-state index contributed by atoms with van der Waals surface area (Å²) in [7, 11) is 0. The summed E-state index contributed by atoms with van der Waals surface area (Å²) in [6, 6.07) is 0. The van der Waals surface area contributed by atoms with E-state index < -0.39 is 0 Å². The highest BCUT2D eigenvalue weighted by Crippen LogP contribution is 2.48. The summed E-state index contributed by atoms with van der Waals surface area (Å²) in [4.78, 5) is 0. The van der Waals surface area contributed by atoms with Crippen molar-refractivity contribution in [1.82, 2.24) is 0 Å². The van der Waals surface area contributed by atoms with Crippen molar-refractivity contribution in [3.05, 3.63) is 23.3 Å². The lowest BCUT2D eigenvalue weighted by Gasteiger charge is -2.51. The van der Waals surface area contributed by atoms with Gasteiger partial charge in [-0.05, 0) is 50.4 Å². The van der Waals surface area contributed by atoms with Crippen LogP contribution >= 0.6 is 0 Å².